The molecule has 2 rings (SSSR count). The van der Waals surface area contributed by atoms with Crippen LogP contribution in [0.2, 0.25) is 4.34 Å². The topological polar surface area (TPSA) is 58.9 Å². The molecule has 1 atom stereocenters. The Bertz CT molecular complexity index is 401. The number of halogens is 1. The first-order valence-electron chi connectivity index (χ1n) is 3.87. The van der Waals surface area contributed by atoms with Crippen LogP contribution in [-0.4, -0.2) is 22.9 Å². The van der Waals surface area contributed by atoms with Gasteiger partial charge in [0, 0.05) is 12.0 Å². The third-order valence-corrected chi connectivity index (χ3v) is 3.04. The number of hydrogen-bond acceptors (Lipinski definition) is 4. The van der Waals surface area contributed by atoms with Crippen LogP contribution in [0.25, 0.3) is 0 Å². The van der Waals surface area contributed by atoms with Gasteiger partial charge < -0.3 is 9.94 Å². The highest BCUT2D eigenvalue weighted by molar-refractivity contribution is 7.14. The molecule has 1 aromatic rings. The first-order chi connectivity index (χ1) is 6.68. The quantitative estimate of drug-likeness (QED) is 0.847. The zero-order valence-corrected chi connectivity index (χ0v) is 8.51. The zero-order valence-electron chi connectivity index (χ0n) is 6.94. The number of thiophene rings is 1. The fourth-order valence-corrected chi connectivity index (χ4v) is 2.13. The van der Waals surface area contributed by atoms with E-state index in [0.717, 1.165) is 5.56 Å². The van der Waals surface area contributed by atoms with Gasteiger partial charge in [-0.1, -0.05) is 16.8 Å². The summed E-state index contributed by atoms with van der Waals surface area (Å²) in [6.07, 6.45) is -0.604. The second-order valence-electron chi connectivity index (χ2n) is 2.78. The molecule has 0 aromatic carbocycles. The Morgan fingerprint density at radius 1 is 1.79 bits per heavy atom. The molecule has 6 heteroatoms. The predicted octanol–water partition coefficient (Wildman–Crippen LogP) is 1.98. The molecular weight excluding hydrogens is 226 g/mol. The number of rotatable bonds is 2. The van der Waals surface area contributed by atoms with Gasteiger partial charge in [0.25, 0.3) is 0 Å². The van der Waals surface area contributed by atoms with Gasteiger partial charge in [-0.15, -0.1) is 11.3 Å². The van der Waals surface area contributed by atoms with Crippen molar-refractivity contribution in [2.45, 2.75) is 12.5 Å². The van der Waals surface area contributed by atoms with Crippen LogP contribution in [0.15, 0.2) is 16.6 Å². The van der Waals surface area contributed by atoms with Gasteiger partial charge in [-0.25, -0.2) is 4.79 Å². The van der Waals surface area contributed by atoms with Crippen LogP contribution in [0.5, 0.6) is 0 Å². The van der Waals surface area contributed by atoms with E-state index in [1.165, 1.54) is 11.3 Å². The summed E-state index contributed by atoms with van der Waals surface area (Å²) in [5.41, 5.74) is 1.36. The number of nitrogens with zero attached hydrogens (tertiary/aromatic N) is 1. The molecule has 0 fully saturated rings. The molecule has 1 unspecified atom stereocenters. The van der Waals surface area contributed by atoms with Crippen LogP contribution in [0.3, 0.4) is 0 Å². The molecule has 1 aliphatic rings. The molecule has 0 radical (unpaired) electrons. The Morgan fingerprint density at radius 2 is 2.57 bits per heavy atom. The molecule has 0 aliphatic carbocycles. The zero-order chi connectivity index (χ0) is 10.1. The van der Waals surface area contributed by atoms with Gasteiger partial charge in [-0.2, -0.15) is 0 Å². The maximum atomic E-state index is 10.6. The smallest absolute Gasteiger partial charge is 0.348 e. The normalized spacial score (nSPS) is 20.4. The Balaban J connectivity index is 2.17. The van der Waals surface area contributed by atoms with Crippen molar-refractivity contribution in [3.63, 3.8) is 0 Å². The Hall–Kier alpha value is -1.07. The number of carboxylic acids is 1. The van der Waals surface area contributed by atoms with Gasteiger partial charge in [0.2, 0.25) is 6.10 Å². The van der Waals surface area contributed by atoms with Gasteiger partial charge in [-0.05, 0) is 11.4 Å². The predicted molar refractivity (Wildman–Crippen MR) is 53.0 cm³/mol. The molecule has 1 aromatic heterocycles. The lowest BCUT2D eigenvalue weighted by molar-refractivity contribution is -0.148. The van der Waals surface area contributed by atoms with Crippen LogP contribution < -0.4 is 0 Å². The SMILES string of the molecule is O=C(O)C1CC(c2ccsc2Cl)=NO1. The summed E-state index contributed by atoms with van der Waals surface area (Å²) < 4.78 is 0.610. The average Bonchev–Trinajstić information content (AvgIpc) is 2.71. The minimum Gasteiger partial charge on any atom is -0.478 e. The van der Waals surface area contributed by atoms with Crippen LogP contribution in [0.4, 0.5) is 0 Å². The second-order valence-corrected chi connectivity index (χ2v) is 4.30. The number of oxime groups is 1. The van der Waals surface area contributed by atoms with Crippen LogP contribution >= 0.6 is 22.9 Å². The van der Waals surface area contributed by atoms with Gasteiger partial charge in [0.1, 0.15) is 4.34 Å². The van der Waals surface area contributed by atoms with Crippen LogP contribution in [0, 0.1) is 0 Å². The van der Waals surface area contributed by atoms with E-state index in [4.69, 9.17) is 21.5 Å². The standard InChI is InChI=1S/C8H6ClNO3S/c9-7-4(1-2-14-7)5-3-6(8(11)12)13-10-5/h1-2,6H,3H2,(H,11,12). The van der Waals surface area contributed by atoms with Gasteiger partial charge in [0.15, 0.2) is 0 Å². The summed E-state index contributed by atoms with van der Waals surface area (Å²) >= 11 is 7.26. The summed E-state index contributed by atoms with van der Waals surface area (Å²) in [6.45, 7) is 0. The van der Waals surface area contributed by atoms with Crippen molar-refractivity contribution in [1.82, 2.24) is 0 Å². The minimum absolute atomic E-state index is 0.270. The molecule has 0 amide bonds. The van der Waals surface area contributed by atoms with Crippen molar-refractivity contribution < 1.29 is 14.7 Å². The van der Waals surface area contributed by atoms with E-state index in [0.29, 0.717) is 10.0 Å². The summed E-state index contributed by atoms with van der Waals surface area (Å²) in [4.78, 5) is 15.3. The first-order valence-corrected chi connectivity index (χ1v) is 5.13. The number of carbonyl (C=O) groups is 1. The third-order valence-electron chi connectivity index (χ3n) is 1.87. The van der Waals surface area contributed by atoms with E-state index in [1.54, 1.807) is 6.07 Å². The first kappa shape index (κ1) is 9.48. The van der Waals surface area contributed by atoms with E-state index in [-0.39, 0.29) is 6.42 Å². The number of hydrogen-bond donors (Lipinski definition) is 1. The Kier molecular flexibility index (Phi) is 2.43. The highest BCUT2D eigenvalue weighted by Gasteiger charge is 2.29. The molecule has 0 bridgehead atoms. The van der Waals surface area contributed by atoms with E-state index < -0.39 is 12.1 Å². The largest absolute Gasteiger partial charge is 0.478 e. The van der Waals surface area contributed by atoms with Gasteiger partial charge in [0.05, 0.1) is 5.71 Å². The fourth-order valence-electron chi connectivity index (χ4n) is 1.17. The molecule has 4 nitrogen and oxygen atoms in total. The van der Waals surface area contributed by atoms with Gasteiger partial charge >= 0.3 is 5.97 Å². The minimum atomic E-state index is -1.00. The molecule has 0 saturated heterocycles. The molecule has 0 saturated carbocycles. The molecule has 2 heterocycles. The maximum Gasteiger partial charge on any atom is 0.348 e. The number of carboxylic acid groups (broad SMARTS) is 1. The lowest BCUT2D eigenvalue weighted by Gasteiger charge is -1.99. The van der Waals surface area contributed by atoms with E-state index in [2.05, 4.69) is 5.16 Å². The Morgan fingerprint density at radius 3 is 3.07 bits per heavy atom. The molecule has 1 N–H and O–H groups in total. The van der Waals surface area contributed by atoms with E-state index in [1.807, 2.05) is 5.38 Å². The van der Waals surface area contributed by atoms with Crippen molar-refractivity contribution in [3.05, 3.63) is 21.3 Å². The monoisotopic (exact) mass is 231 g/mol. The highest BCUT2D eigenvalue weighted by Crippen LogP contribution is 2.27. The average molecular weight is 232 g/mol. The second kappa shape index (κ2) is 3.59. The Labute approximate surface area is 88.7 Å². The van der Waals surface area contributed by atoms with Crippen molar-refractivity contribution in [2.24, 2.45) is 5.16 Å². The van der Waals surface area contributed by atoms with Gasteiger partial charge in [-0.3, -0.25) is 0 Å². The fraction of sp³-hybridized carbons (Fsp3) is 0.250. The lowest BCUT2D eigenvalue weighted by atomic mass is 10.1. The summed E-state index contributed by atoms with van der Waals surface area (Å²) in [7, 11) is 0. The highest BCUT2D eigenvalue weighted by atomic mass is 35.5. The van der Waals surface area contributed by atoms with E-state index in [9.17, 15) is 4.79 Å². The molecule has 1 aliphatic heterocycles. The van der Waals surface area contributed by atoms with Crippen LogP contribution in [0.1, 0.15) is 12.0 Å². The summed E-state index contributed by atoms with van der Waals surface area (Å²) in [5, 5.41) is 14.2. The molecule has 0 spiro atoms. The maximum absolute atomic E-state index is 10.6. The summed E-state index contributed by atoms with van der Waals surface area (Å²) in [6, 6.07) is 1.80. The van der Waals surface area contributed by atoms with Crippen molar-refractivity contribution in [1.29, 1.82) is 0 Å². The van der Waals surface area contributed by atoms with Crippen LogP contribution in [-0.2, 0) is 9.63 Å². The summed E-state index contributed by atoms with van der Waals surface area (Å²) in [5.74, 6) is -1.00. The van der Waals surface area contributed by atoms with Crippen molar-refractivity contribution >= 4 is 34.6 Å². The lowest BCUT2D eigenvalue weighted by Crippen LogP contribution is -2.19. The molecular formula is C8H6ClNO3S. The third kappa shape index (κ3) is 1.60. The molecule has 14 heavy (non-hydrogen) atoms. The molecule has 74 valence electrons. The number of aliphatic carboxylic acids is 1. The van der Waals surface area contributed by atoms with Crippen molar-refractivity contribution in [3.8, 4) is 0 Å². The van der Waals surface area contributed by atoms with E-state index >= 15 is 0 Å². The van der Waals surface area contributed by atoms with Crippen molar-refractivity contribution in [2.75, 3.05) is 0 Å².